The summed E-state index contributed by atoms with van der Waals surface area (Å²) >= 11 is 0. The molecular formula is C48H60O2Si2. The zero-order chi connectivity index (χ0) is 36.3. The summed E-state index contributed by atoms with van der Waals surface area (Å²) in [4.78, 5) is 0. The highest BCUT2D eigenvalue weighted by molar-refractivity contribution is 6.86. The minimum Gasteiger partial charge on any atom is -0.406 e. The molecule has 0 spiro atoms. The van der Waals surface area contributed by atoms with Crippen molar-refractivity contribution in [3.63, 3.8) is 0 Å². The van der Waals surface area contributed by atoms with E-state index in [1.165, 1.54) is 77.6 Å². The fraction of sp³-hybridized carbons (Fsp3) is 0.417. The van der Waals surface area contributed by atoms with Crippen molar-refractivity contribution >= 4 is 33.1 Å². The molecule has 52 heavy (non-hydrogen) atoms. The molecule has 2 heterocycles. The topological polar surface area (TPSA) is 18.5 Å². The largest absolute Gasteiger partial charge is 0.406 e. The van der Waals surface area contributed by atoms with E-state index in [0.717, 1.165) is 11.8 Å². The van der Waals surface area contributed by atoms with Gasteiger partial charge in [0, 0.05) is 0 Å². The second kappa shape index (κ2) is 16.0. The Morgan fingerprint density at radius 1 is 0.654 bits per heavy atom. The van der Waals surface area contributed by atoms with Gasteiger partial charge in [0.25, 0.3) is 0 Å². The molecule has 0 aromatic heterocycles. The smallest absolute Gasteiger partial charge is 0.219 e. The van der Waals surface area contributed by atoms with Crippen molar-refractivity contribution in [1.29, 1.82) is 0 Å². The van der Waals surface area contributed by atoms with Crippen molar-refractivity contribution in [2.45, 2.75) is 90.3 Å². The van der Waals surface area contributed by atoms with Crippen molar-refractivity contribution in [1.82, 2.24) is 0 Å². The molecule has 0 N–H and O–H groups in total. The van der Waals surface area contributed by atoms with Gasteiger partial charge in [-0.1, -0.05) is 141 Å². The lowest BCUT2D eigenvalue weighted by atomic mass is 9.83. The predicted molar refractivity (Wildman–Crippen MR) is 225 cm³/mol. The van der Waals surface area contributed by atoms with Crippen LogP contribution >= 0.6 is 0 Å². The molecule has 0 bridgehead atoms. The van der Waals surface area contributed by atoms with E-state index in [9.17, 15) is 0 Å². The first kappa shape index (κ1) is 37.0. The van der Waals surface area contributed by atoms with Crippen molar-refractivity contribution in [3.8, 4) is 0 Å². The van der Waals surface area contributed by atoms with E-state index in [0.29, 0.717) is 29.8 Å². The van der Waals surface area contributed by atoms with Crippen LogP contribution in [0.1, 0.15) is 79.9 Å². The van der Waals surface area contributed by atoms with Crippen molar-refractivity contribution in [2.75, 3.05) is 0 Å². The standard InChI is InChI=1S/C24H32OSi.C24H28OSi/c2*1-4-18-16-20(15-14-19-10-6-5-7-11-19)22(17-18)24-21-12-8-9-13-23(21)26(2,3)25-24/h5-13,18,20,22,24H,4,14-17H2,1-3H3;4-15,18,20,22,24H,1,16-17H2,2-3H3/b;15-14+. The van der Waals surface area contributed by atoms with E-state index >= 15 is 0 Å². The van der Waals surface area contributed by atoms with E-state index in [1.54, 1.807) is 0 Å². The van der Waals surface area contributed by atoms with Gasteiger partial charge in [0.1, 0.15) is 0 Å². The van der Waals surface area contributed by atoms with Crippen LogP contribution in [0.25, 0.3) is 6.08 Å². The summed E-state index contributed by atoms with van der Waals surface area (Å²) in [7, 11) is -3.53. The van der Waals surface area contributed by atoms with Gasteiger partial charge in [-0.15, -0.1) is 6.58 Å². The molecule has 4 heteroatoms. The fourth-order valence-electron chi connectivity index (χ4n) is 10.1. The number of benzene rings is 4. The Balaban J connectivity index is 0.000000162. The molecule has 4 aromatic carbocycles. The van der Waals surface area contributed by atoms with Gasteiger partial charge in [-0.3, -0.25) is 0 Å². The van der Waals surface area contributed by atoms with Gasteiger partial charge in [-0.25, -0.2) is 0 Å². The Kier molecular flexibility index (Phi) is 11.4. The van der Waals surface area contributed by atoms with Gasteiger partial charge in [-0.2, -0.15) is 0 Å². The van der Waals surface area contributed by atoms with Crippen molar-refractivity contribution < 1.29 is 8.85 Å². The van der Waals surface area contributed by atoms with Crippen LogP contribution in [0.2, 0.25) is 26.2 Å². The van der Waals surface area contributed by atoms with E-state index in [1.807, 2.05) is 0 Å². The average Bonchev–Trinajstić information content (AvgIpc) is 3.92. The Labute approximate surface area is 316 Å². The molecular weight excluding hydrogens is 665 g/mol. The summed E-state index contributed by atoms with van der Waals surface area (Å²) in [5.74, 6) is 4.03. The molecule has 0 saturated heterocycles. The van der Waals surface area contributed by atoms with E-state index < -0.39 is 16.6 Å². The van der Waals surface area contributed by atoms with Gasteiger partial charge in [0.05, 0.1) is 12.2 Å². The number of hydrogen-bond acceptors (Lipinski definition) is 2. The first-order valence-corrected chi connectivity index (χ1v) is 25.9. The van der Waals surface area contributed by atoms with Gasteiger partial charge in [0.15, 0.2) is 0 Å². The van der Waals surface area contributed by atoms with Gasteiger partial charge >= 0.3 is 0 Å². The molecule has 272 valence electrons. The maximum Gasteiger partial charge on any atom is 0.219 e. The lowest BCUT2D eigenvalue weighted by Gasteiger charge is -2.28. The SMILES string of the molecule is C=CC1CC(/C=C/c2ccccc2)C(C2O[Si](C)(C)c3ccccc32)C1.CCC1CC(CCc2ccccc2)C(C2O[Si](C)(C)c3ccccc32)C1. The summed E-state index contributed by atoms with van der Waals surface area (Å²) in [5, 5.41) is 3.02. The van der Waals surface area contributed by atoms with Crippen LogP contribution in [0.15, 0.2) is 128 Å². The first-order chi connectivity index (χ1) is 25.2. The summed E-state index contributed by atoms with van der Waals surface area (Å²) in [5.41, 5.74) is 5.71. The molecule has 2 aliphatic carbocycles. The first-order valence-electron chi connectivity index (χ1n) is 20.1. The Hall–Kier alpha value is -3.29. The van der Waals surface area contributed by atoms with Crippen LogP contribution < -0.4 is 10.4 Å². The minimum absolute atomic E-state index is 0.239. The highest BCUT2D eigenvalue weighted by Gasteiger charge is 2.48. The second-order valence-corrected chi connectivity index (χ2v) is 24.6. The fourth-order valence-corrected chi connectivity index (χ4v) is 15.1. The summed E-state index contributed by atoms with van der Waals surface area (Å²) < 4.78 is 13.6. The Morgan fingerprint density at radius 2 is 1.21 bits per heavy atom. The van der Waals surface area contributed by atoms with Gasteiger partial charge < -0.3 is 8.85 Å². The molecule has 8 atom stereocenters. The highest BCUT2D eigenvalue weighted by Crippen LogP contribution is 2.51. The molecule has 4 aromatic rings. The van der Waals surface area contributed by atoms with E-state index in [4.69, 9.17) is 8.85 Å². The summed E-state index contributed by atoms with van der Waals surface area (Å²) in [6, 6.07) is 39.6. The molecule has 2 nitrogen and oxygen atoms in total. The number of fused-ring (bicyclic) bond motifs is 2. The molecule has 2 saturated carbocycles. The van der Waals surface area contributed by atoms with Gasteiger partial charge in [-0.05, 0) is 133 Å². The zero-order valence-electron chi connectivity index (χ0n) is 32.2. The second-order valence-electron chi connectivity index (χ2n) is 17.0. The van der Waals surface area contributed by atoms with Crippen LogP contribution in [0.4, 0.5) is 0 Å². The number of allylic oxidation sites excluding steroid dienone is 2. The lowest BCUT2D eigenvalue weighted by Crippen LogP contribution is -2.40. The van der Waals surface area contributed by atoms with Crippen LogP contribution in [-0.4, -0.2) is 16.6 Å². The van der Waals surface area contributed by atoms with Crippen LogP contribution in [0, 0.1) is 35.5 Å². The Morgan fingerprint density at radius 3 is 1.81 bits per heavy atom. The number of rotatable bonds is 9. The minimum atomic E-state index is -1.79. The van der Waals surface area contributed by atoms with Crippen molar-refractivity contribution in [2.24, 2.45) is 35.5 Å². The maximum absolute atomic E-state index is 6.82. The van der Waals surface area contributed by atoms with Crippen LogP contribution in [-0.2, 0) is 15.3 Å². The monoisotopic (exact) mass is 724 g/mol. The van der Waals surface area contributed by atoms with Crippen molar-refractivity contribution in [3.05, 3.63) is 150 Å². The van der Waals surface area contributed by atoms with E-state index in [2.05, 4.69) is 167 Å². The molecule has 4 aliphatic rings. The molecule has 2 fully saturated rings. The summed E-state index contributed by atoms with van der Waals surface area (Å²) in [6.45, 7) is 15.8. The van der Waals surface area contributed by atoms with Gasteiger partial charge in [0.2, 0.25) is 16.6 Å². The number of aryl methyl sites for hydroxylation is 1. The quantitative estimate of drug-likeness (QED) is 0.126. The van der Waals surface area contributed by atoms with Crippen LogP contribution in [0.5, 0.6) is 0 Å². The van der Waals surface area contributed by atoms with E-state index in [-0.39, 0.29) is 6.10 Å². The molecule has 2 aliphatic heterocycles. The lowest BCUT2D eigenvalue weighted by molar-refractivity contribution is 0.111. The zero-order valence-corrected chi connectivity index (χ0v) is 34.2. The summed E-state index contributed by atoms with van der Waals surface area (Å²) in [6.07, 6.45) is 16.3. The molecule has 8 unspecified atom stereocenters. The average molecular weight is 725 g/mol. The maximum atomic E-state index is 6.82. The third-order valence-electron chi connectivity index (χ3n) is 12.9. The highest BCUT2D eigenvalue weighted by atomic mass is 28.4. The molecule has 0 radical (unpaired) electrons. The Bertz CT molecular complexity index is 1810. The molecule has 0 amide bonds. The third-order valence-corrected chi connectivity index (χ3v) is 18.1. The number of hydrogen-bond donors (Lipinski definition) is 0. The predicted octanol–water partition coefficient (Wildman–Crippen LogP) is 11.6. The third kappa shape index (κ3) is 7.96. The van der Waals surface area contributed by atoms with Crippen LogP contribution in [0.3, 0.4) is 0 Å². The normalized spacial score (nSPS) is 29.7. The molecule has 8 rings (SSSR count).